The molecule has 1 saturated heterocycles. The lowest BCUT2D eigenvalue weighted by atomic mass is 10.0. The molecule has 7 heteroatoms. The molecule has 4 rings (SSSR count). The lowest BCUT2D eigenvalue weighted by molar-refractivity contribution is -0.118. The third-order valence-electron chi connectivity index (χ3n) is 5.42. The predicted octanol–water partition coefficient (Wildman–Crippen LogP) is 5.06. The maximum atomic E-state index is 12.1. The van der Waals surface area contributed by atoms with Gasteiger partial charge in [0.15, 0.2) is 5.11 Å². The first-order valence-corrected chi connectivity index (χ1v) is 10.7. The number of pyridine rings is 1. The van der Waals surface area contributed by atoms with Gasteiger partial charge < -0.3 is 20.0 Å². The number of amides is 1. The number of anilines is 2. The first kappa shape index (κ1) is 21.1. The average Bonchev–Trinajstić information content (AvgIpc) is 3.32. The summed E-state index contributed by atoms with van der Waals surface area (Å²) in [6.07, 6.45) is 1.78. The van der Waals surface area contributed by atoms with Crippen LogP contribution in [0.2, 0.25) is 0 Å². The number of nitrogens with zero attached hydrogens (tertiary/aromatic N) is 2. The molecule has 0 aliphatic carbocycles. The number of nitrogens with one attached hydrogen (secondary N) is 2. The van der Waals surface area contributed by atoms with Gasteiger partial charge >= 0.3 is 0 Å². The first-order valence-electron chi connectivity index (χ1n) is 10.3. The Kier molecular flexibility index (Phi) is 5.78. The van der Waals surface area contributed by atoms with Crippen molar-refractivity contribution in [3.05, 3.63) is 77.5 Å². The van der Waals surface area contributed by atoms with E-state index in [0.717, 1.165) is 34.2 Å². The summed E-state index contributed by atoms with van der Waals surface area (Å²) in [5, 5.41) is 7.01. The highest BCUT2D eigenvalue weighted by atomic mass is 32.1. The van der Waals surface area contributed by atoms with Gasteiger partial charge in [0.2, 0.25) is 5.91 Å². The van der Waals surface area contributed by atoms with Gasteiger partial charge in [-0.2, -0.15) is 0 Å². The summed E-state index contributed by atoms with van der Waals surface area (Å²) in [6, 6.07) is 15.4. The van der Waals surface area contributed by atoms with E-state index < -0.39 is 0 Å². The highest BCUT2D eigenvalue weighted by Crippen LogP contribution is 2.42. The molecule has 0 saturated carbocycles. The Hall–Kier alpha value is -3.19. The molecule has 1 aliphatic heterocycles. The zero-order chi connectivity index (χ0) is 22.1. The summed E-state index contributed by atoms with van der Waals surface area (Å²) in [6.45, 7) is 7.66. The van der Waals surface area contributed by atoms with Crippen LogP contribution in [0.3, 0.4) is 0 Å². The van der Waals surface area contributed by atoms with Crippen molar-refractivity contribution in [1.29, 1.82) is 0 Å². The van der Waals surface area contributed by atoms with Gasteiger partial charge in [0.1, 0.15) is 17.6 Å². The Labute approximate surface area is 187 Å². The van der Waals surface area contributed by atoms with Crippen LogP contribution in [0.15, 0.2) is 59.1 Å². The summed E-state index contributed by atoms with van der Waals surface area (Å²) < 4.78 is 6.03. The van der Waals surface area contributed by atoms with Crippen molar-refractivity contribution in [1.82, 2.24) is 10.3 Å². The molecule has 3 heterocycles. The van der Waals surface area contributed by atoms with E-state index >= 15 is 0 Å². The summed E-state index contributed by atoms with van der Waals surface area (Å²) in [7, 11) is 0. The van der Waals surface area contributed by atoms with Crippen molar-refractivity contribution >= 4 is 34.6 Å². The number of hydrogen-bond donors (Lipinski definition) is 2. The molecule has 0 radical (unpaired) electrons. The minimum Gasteiger partial charge on any atom is -0.464 e. The summed E-state index contributed by atoms with van der Waals surface area (Å²) in [5.41, 5.74) is 3.58. The first-order chi connectivity index (χ1) is 14.8. The molecule has 1 aromatic carbocycles. The number of furan rings is 1. The van der Waals surface area contributed by atoms with Crippen LogP contribution in [0, 0.1) is 19.8 Å². The van der Waals surface area contributed by atoms with Crippen molar-refractivity contribution in [3.8, 4) is 0 Å². The third-order valence-corrected chi connectivity index (χ3v) is 5.74. The minimum absolute atomic E-state index is 0.00615. The van der Waals surface area contributed by atoms with Gasteiger partial charge in [-0.3, -0.25) is 9.78 Å². The van der Waals surface area contributed by atoms with E-state index in [9.17, 15) is 4.79 Å². The summed E-state index contributed by atoms with van der Waals surface area (Å²) in [5.74, 6) is 1.57. The minimum atomic E-state index is -0.188. The number of aryl methyl sites for hydroxylation is 2. The highest BCUT2D eigenvalue weighted by molar-refractivity contribution is 7.80. The second-order valence-electron chi connectivity index (χ2n) is 8.09. The van der Waals surface area contributed by atoms with Gasteiger partial charge in [0, 0.05) is 23.5 Å². The number of aromatic nitrogens is 1. The van der Waals surface area contributed by atoms with Crippen molar-refractivity contribution in [2.45, 2.75) is 39.8 Å². The fraction of sp³-hybridized carbons (Fsp3) is 0.292. The van der Waals surface area contributed by atoms with E-state index in [-0.39, 0.29) is 23.9 Å². The van der Waals surface area contributed by atoms with Gasteiger partial charge in [0.05, 0.1) is 11.7 Å². The monoisotopic (exact) mass is 434 g/mol. The number of carbonyl (C=O) groups is 1. The lowest BCUT2D eigenvalue weighted by Gasteiger charge is -2.27. The maximum absolute atomic E-state index is 12.1. The molecule has 31 heavy (non-hydrogen) atoms. The standard InChI is InChI=1S/C24H26N4O2S/c1-14(2)23(29)26-18-10-9-17(13-15(18)3)28-22(20-11-8-16(4)30-20)21(27-24(28)31)19-7-5-6-12-25-19/h5-14,21-22H,1-4H3,(H,26,29)(H,27,31). The zero-order valence-electron chi connectivity index (χ0n) is 18.0. The molecule has 6 nitrogen and oxygen atoms in total. The van der Waals surface area contributed by atoms with Crippen molar-refractivity contribution in [2.24, 2.45) is 5.92 Å². The number of rotatable bonds is 5. The van der Waals surface area contributed by atoms with Crippen LogP contribution in [-0.4, -0.2) is 16.0 Å². The number of hydrogen-bond acceptors (Lipinski definition) is 4. The largest absolute Gasteiger partial charge is 0.464 e. The van der Waals surface area contributed by atoms with Gasteiger partial charge in [-0.15, -0.1) is 0 Å². The van der Waals surface area contributed by atoms with Crippen molar-refractivity contribution in [3.63, 3.8) is 0 Å². The molecule has 1 amide bonds. The van der Waals surface area contributed by atoms with Crippen LogP contribution >= 0.6 is 12.2 Å². The van der Waals surface area contributed by atoms with Gasteiger partial charge in [-0.1, -0.05) is 19.9 Å². The smallest absolute Gasteiger partial charge is 0.226 e. The molecule has 0 bridgehead atoms. The molecule has 160 valence electrons. The van der Waals surface area contributed by atoms with Crippen LogP contribution in [-0.2, 0) is 4.79 Å². The Bertz CT molecular complexity index is 1110. The molecule has 2 aromatic heterocycles. The summed E-state index contributed by atoms with van der Waals surface area (Å²) in [4.78, 5) is 18.7. The average molecular weight is 435 g/mol. The van der Waals surface area contributed by atoms with Gasteiger partial charge in [0.25, 0.3) is 0 Å². The van der Waals surface area contributed by atoms with Crippen LogP contribution in [0.4, 0.5) is 11.4 Å². The van der Waals surface area contributed by atoms with Crippen LogP contribution in [0.1, 0.15) is 48.7 Å². The molecule has 2 atom stereocenters. The van der Waals surface area contributed by atoms with E-state index in [0.29, 0.717) is 5.11 Å². The Balaban J connectivity index is 1.73. The second-order valence-corrected chi connectivity index (χ2v) is 8.47. The molecular formula is C24H26N4O2S. The number of thiocarbonyl (C=S) groups is 1. The predicted molar refractivity (Wildman–Crippen MR) is 126 cm³/mol. The van der Waals surface area contributed by atoms with Crippen molar-refractivity contribution < 1.29 is 9.21 Å². The molecule has 1 fully saturated rings. The van der Waals surface area contributed by atoms with Gasteiger partial charge in [-0.25, -0.2) is 0 Å². The van der Waals surface area contributed by atoms with E-state index in [1.165, 1.54) is 0 Å². The topological polar surface area (TPSA) is 70.4 Å². The fourth-order valence-corrected chi connectivity index (χ4v) is 4.10. The lowest BCUT2D eigenvalue weighted by Crippen LogP contribution is -2.29. The number of carbonyl (C=O) groups excluding carboxylic acids is 1. The highest BCUT2D eigenvalue weighted by Gasteiger charge is 2.42. The van der Waals surface area contributed by atoms with E-state index in [4.69, 9.17) is 16.6 Å². The van der Waals surface area contributed by atoms with E-state index in [2.05, 4.69) is 20.5 Å². The van der Waals surface area contributed by atoms with E-state index in [1.807, 2.05) is 76.2 Å². The second kappa shape index (κ2) is 8.51. The molecule has 1 aliphatic rings. The molecule has 3 aromatic rings. The van der Waals surface area contributed by atoms with Crippen LogP contribution in [0.25, 0.3) is 0 Å². The zero-order valence-corrected chi connectivity index (χ0v) is 18.9. The van der Waals surface area contributed by atoms with Gasteiger partial charge in [-0.05, 0) is 74.1 Å². The molecule has 2 unspecified atom stereocenters. The Morgan fingerprint density at radius 3 is 2.61 bits per heavy atom. The maximum Gasteiger partial charge on any atom is 0.226 e. The molecular weight excluding hydrogens is 408 g/mol. The normalized spacial score (nSPS) is 18.4. The number of benzene rings is 1. The Morgan fingerprint density at radius 2 is 2.00 bits per heavy atom. The summed E-state index contributed by atoms with van der Waals surface area (Å²) >= 11 is 5.74. The Morgan fingerprint density at radius 1 is 1.19 bits per heavy atom. The molecule has 2 N–H and O–H groups in total. The van der Waals surface area contributed by atoms with E-state index in [1.54, 1.807) is 6.20 Å². The molecule has 0 spiro atoms. The SMILES string of the molecule is Cc1ccc(C2C(c3ccccn3)NC(=S)N2c2ccc(NC(=O)C(C)C)c(C)c2)o1. The van der Waals surface area contributed by atoms with Crippen molar-refractivity contribution in [2.75, 3.05) is 10.2 Å². The van der Waals surface area contributed by atoms with Crippen LogP contribution in [0.5, 0.6) is 0 Å². The van der Waals surface area contributed by atoms with Crippen LogP contribution < -0.4 is 15.5 Å². The third kappa shape index (κ3) is 4.18. The quantitative estimate of drug-likeness (QED) is 0.547. The fourth-order valence-electron chi connectivity index (χ4n) is 3.75.